The van der Waals surface area contributed by atoms with E-state index in [1.807, 2.05) is 6.92 Å². The molecule has 3 saturated carbocycles. The van der Waals surface area contributed by atoms with E-state index < -0.39 is 6.10 Å². The molecule has 6 rings (SSSR count). The number of ether oxygens (including phenoxy) is 5. The number of nitrogens with two attached hydrogens (primary N) is 1. The number of piperidine rings is 2. The summed E-state index contributed by atoms with van der Waals surface area (Å²) in [5.41, 5.74) is 0. The van der Waals surface area contributed by atoms with Gasteiger partial charge in [0.2, 0.25) is 11.8 Å². The van der Waals surface area contributed by atoms with Crippen molar-refractivity contribution in [2.24, 2.45) is 23.7 Å². The van der Waals surface area contributed by atoms with Crippen molar-refractivity contribution < 1.29 is 38.6 Å². The van der Waals surface area contributed by atoms with Gasteiger partial charge in [-0.05, 0) is 70.1 Å². The lowest BCUT2D eigenvalue weighted by Gasteiger charge is -2.53. The Bertz CT molecular complexity index is 953. The van der Waals surface area contributed by atoms with Crippen LogP contribution in [0.3, 0.4) is 0 Å². The lowest BCUT2D eigenvalue weighted by atomic mass is 9.64. The van der Waals surface area contributed by atoms with E-state index in [4.69, 9.17) is 23.7 Å². The molecule has 3 heterocycles. The summed E-state index contributed by atoms with van der Waals surface area (Å²) in [4.78, 5) is 29.8. The maximum atomic E-state index is 14.3. The van der Waals surface area contributed by atoms with E-state index in [1.54, 1.807) is 28.4 Å². The number of amides is 2. The molecule has 0 aromatic heterocycles. The number of rotatable bonds is 8. The molecule has 41 heavy (non-hydrogen) atoms. The van der Waals surface area contributed by atoms with Crippen molar-refractivity contribution in [3.05, 3.63) is 0 Å². The molecule has 0 aromatic rings. The van der Waals surface area contributed by atoms with Crippen molar-refractivity contribution in [1.29, 1.82) is 0 Å². The first-order valence-electron chi connectivity index (χ1n) is 16.1. The lowest BCUT2D eigenvalue weighted by Crippen LogP contribution is -2.99. The number of methoxy groups -OCH3 is 4. The lowest BCUT2D eigenvalue weighted by molar-refractivity contribution is -0.713. The molecular formula is C31H52N3O7+. The Balaban J connectivity index is 1.12. The summed E-state index contributed by atoms with van der Waals surface area (Å²) in [5, 5.41) is 5.73. The molecule has 0 radical (unpaired) electrons. The summed E-state index contributed by atoms with van der Waals surface area (Å²) >= 11 is 0. The fourth-order valence-corrected chi connectivity index (χ4v) is 10.0. The maximum absolute atomic E-state index is 14.3. The summed E-state index contributed by atoms with van der Waals surface area (Å²) < 4.78 is 29.5. The van der Waals surface area contributed by atoms with Crippen LogP contribution in [0.2, 0.25) is 0 Å². The molecule has 3 aliphatic heterocycles. The van der Waals surface area contributed by atoms with Gasteiger partial charge < -0.3 is 39.2 Å². The number of carbonyl (C=O) groups is 2. The number of hydrogen-bond donors (Lipinski definition) is 2. The Morgan fingerprint density at radius 1 is 0.854 bits per heavy atom. The van der Waals surface area contributed by atoms with E-state index in [2.05, 4.69) is 15.5 Å². The quantitative estimate of drug-likeness (QED) is 0.440. The van der Waals surface area contributed by atoms with Crippen LogP contribution < -0.4 is 10.6 Å². The fourth-order valence-electron chi connectivity index (χ4n) is 10.0. The highest BCUT2D eigenvalue weighted by Crippen LogP contribution is 2.53. The maximum Gasteiger partial charge on any atom is 0.249 e. The first kappa shape index (κ1) is 29.8. The van der Waals surface area contributed by atoms with Gasteiger partial charge in [-0.3, -0.25) is 9.59 Å². The normalized spacial score (nSPS) is 46.3. The predicted octanol–water partition coefficient (Wildman–Crippen LogP) is 0.860. The van der Waals surface area contributed by atoms with E-state index in [0.29, 0.717) is 35.7 Å². The van der Waals surface area contributed by atoms with Crippen LogP contribution in [-0.2, 0) is 33.3 Å². The summed E-state index contributed by atoms with van der Waals surface area (Å²) in [6, 6.07) is 0.918. The van der Waals surface area contributed by atoms with E-state index in [1.165, 1.54) is 0 Å². The molecule has 0 spiro atoms. The first-order chi connectivity index (χ1) is 19.9. The van der Waals surface area contributed by atoms with Crippen molar-refractivity contribution in [2.45, 2.75) is 126 Å². The third-order valence-electron chi connectivity index (χ3n) is 11.9. The highest BCUT2D eigenvalue weighted by Gasteiger charge is 2.66. The average molecular weight is 579 g/mol. The van der Waals surface area contributed by atoms with Crippen LogP contribution in [0.25, 0.3) is 0 Å². The summed E-state index contributed by atoms with van der Waals surface area (Å²) in [6.45, 7) is 2.98. The minimum atomic E-state index is -0.536. The van der Waals surface area contributed by atoms with Crippen LogP contribution in [0, 0.1) is 23.7 Å². The Labute approximate surface area is 244 Å². The average Bonchev–Trinajstić information content (AvgIpc) is 3.33. The van der Waals surface area contributed by atoms with Gasteiger partial charge in [-0.25, -0.2) is 0 Å². The number of fused-ring (bicyclic) bond motifs is 5. The third kappa shape index (κ3) is 5.24. The molecule has 0 bridgehead atoms. The summed E-state index contributed by atoms with van der Waals surface area (Å²) in [5.74, 6) is 1.36. The molecule has 3 aliphatic carbocycles. The number of quaternary nitrogens is 1. The van der Waals surface area contributed by atoms with Gasteiger partial charge in [0.25, 0.3) is 0 Å². The highest BCUT2D eigenvalue weighted by atomic mass is 16.5. The number of nitrogens with zero attached hydrogens (tertiary/aromatic N) is 1. The molecule has 6 fully saturated rings. The Kier molecular flexibility index (Phi) is 8.97. The smallest absolute Gasteiger partial charge is 0.249 e. The van der Waals surface area contributed by atoms with Gasteiger partial charge in [-0.2, -0.15) is 0 Å². The van der Waals surface area contributed by atoms with Crippen LogP contribution in [0.1, 0.15) is 64.7 Å². The molecule has 10 nitrogen and oxygen atoms in total. The molecular weight excluding hydrogens is 526 g/mol. The van der Waals surface area contributed by atoms with Gasteiger partial charge in [0.05, 0.1) is 55.1 Å². The van der Waals surface area contributed by atoms with Crippen LogP contribution in [0.15, 0.2) is 0 Å². The second-order valence-electron chi connectivity index (χ2n) is 13.5. The minimum absolute atomic E-state index is 0.00183. The zero-order chi connectivity index (χ0) is 28.8. The van der Waals surface area contributed by atoms with Gasteiger partial charge in [-0.1, -0.05) is 0 Å². The van der Waals surface area contributed by atoms with Crippen molar-refractivity contribution in [1.82, 2.24) is 10.2 Å². The molecule has 2 amide bonds. The molecule has 232 valence electrons. The van der Waals surface area contributed by atoms with Crippen LogP contribution in [-0.4, -0.2) is 112 Å². The van der Waals surface area contributed by atoms with Crippen LogP contribution in [0.5, 0.6) is 0 Å². The topological polar surface area (TPSA) is 112 Å². The molecule has 14 atom stereocenters. The van der Waals surface area contributed by atoms with Crippen molar-refractivity contribution in [3.63, 3.8) is 0 Å². The molecule has 0 aromatic carbocycles. The summed E-state index contributed by atoms with van der Waals surface area (Å²) in [7, 11) is 6.92. The first-order valence-corrected chi connectivity index (χ1v) is 16.1. The molecule has 6 aliphatic rings. The summed E-state index contributed by atoms with van der Waals surface area (Å²) in [6.07, 6.45) is 7.83. The predicted molar refractivity (Wildman–Crippen MR) is 150 cm³/mol. The van der Waals surface area contributed by atoms with Gasteiger partial charge in [0.15, 0.2) is 0 Å². The van der Waals surface area contributed by atoms with Crippen molar-refractivity contribution in [3.8, 4) is 0 Å². The van der Waals surface area contributed by atoms with Crippen molar-refractivity contribution in [2.75, 3.05) is 35.0 Å². The van der Waals surface area contributed by atoms with Crippen LogP contribution >= 0.6 is 0 Å². The van der Waals surface area contributed by atoms with Crippen LogP contribution in [0.4, 0.5) is 0 Å². The van der Waals surface area contributed by atoms with Gasteiger partial charge in [0.1, 0.15) is 12.1 Å². The second-order valence-corrected chi connectivity index (χ2v) is 13.5. The van der Waals surface area contributed by atoms with Crippen molar-refractivity contribution >= 4 is 11.8 Å². The fraction of sp³-hybridized carbons (Fsp3) is 0.935. The number of nitrogens with one attached hydrogen (secondary N) is 1. The van der Waals surface area contributed by atoms with E-state index in [9.17, 15) is 9.59 Å². The van der Waals surface area contributed by atoms with E-state index in [-0.39, 0.29) is 54.4 Å². The van der Waals surface area contributed by atoms with E-state index in [0.717, 1.165) is 64.3 Å². The zero-order valence-corrected chi connectivity index (χ0v) is 25.5. The van der Waals surface area contributed by atoms with Gasteiger partial charge in [0, 0.05) is 46.8 Å². The number of hydrogen-bond acceptors (Lipinski definition) is 7. The molecule has 3 saturated heterocycles. The molecule has 13 unspecified atom stereocenters. The second kappa shape index (κ2) is 12.4. The van der Waals surface area contributed by atoms with Gasteiger partial charge in [-0.15, -0.1) is 0 Å². The molecule has 10 heteroatoms. The van der Waals surface area contributed by atoms with Gasteiger partial charge >= 0.3 is 0 Å². The zero-order valence-electron chi connectivity index (χ0n) is 25.5. The number of carbonyl (C=O) groups excluding carboxylic acids is 2. The van der Waals surface area contributed by atoms with E-state index >= 15 is 0 Å². The largest absolute Gasteiger partial charge is 0.381 e. The molecule has 3 N–H and O–H groups in total. The minimum Gasteiger partial charge on any atom is -0.381 e. The highest BCUT2D eigenvalue weighted by molar-refractivity contribution is 5.83. The third-order valence-corrected chi connectivity index (χ3v) is 11.9. The Morgan fingerprint density at radius 3 is 2.34 bits per heavy atom. The SMILES string of the molecule is COC1CCC(OC)C(NC(=O)[C@H](C)OC2CCC3C(C2)C2CC[NH2+]C4C5CCC(OC)C(OC)C5C(=O)N3C24)C1. The monoisotopic (exact) mass is 578 g/mol. The Hall–Kier alpha value is -1.30. The Morgan fingerprint density at radius 2 is 1.61 bits per heavy atom. The standard InChI is InChI=1S/C31H51N3O7/c1-16(30(35)33-22-15-17(37-2)7-10-24(22)38-3)41-18-6-9-23-21(14-18)19-12-13-32-27-20-8-11-25(39-4)29(40-5)26(20)31(36)34(23)28(19)27/h16-29,32H,6-15H2,1-5H3,(H,33,35)/p+1/t16-,17?,18?,19?,20?,21?,22?,23?,24?,25?,26?,27?,28?,29?/m0/s1.